The Morgan fingerprint density at radius 1 is 1.12 bits per heavy atom. The molecule has 0 fully saturated rings. The molecule has 2 aromatic carbocycles. The highest BCUT2D eigenvalue weighted by molar-refractivity contribution is 5.93. The number of imidazole rings is 1. The maximum atomic E-state index is 11.2. The van der Waals surface area contributed by atoms with E-state index in [2.05, 4.69) is 21.8 Å². The molecule has 5 N–H and O–H groups in total. The Morgan fingerprint density at radius 2 is 1.88 bits per heavy atom. The molecule has 0 aliphatic heterocycles. The molecule has 0 radical (unpaired) electrons. The predicted octanol–water partition coefficient (Wildman–Crippen LogP) is 2.41. The molecule has 0 saturated heterocycles. The minimum Gasteiger partial charge on any atom is -0.366 e. The van der Waals surface area contributed by atoms with Crippen LogP contribution in [0.4, 0.5) is 0 Å². The van der Waals surface area contributed by atoms with Crippen LogP contribution in [0, 0.1) is 11.8 Å². The van der Waals surface area contributed by atoms with Gasteiger partial charge in [-0.05, 0) is 36.9 Å². The molecule has 0 unspecified atom stereocenters. The molecule has 25 heavy (non-hydrogen) atoms. The Labute approximate surface area is 158 Å². The summed E-state index contributed by atoms with van der Waals surface area (Å²) < 4.78 is 0. The molecule has 0 saturated carbocycles. The summed E-state index contributed by atoms with van der Waals surface area (Å²) in [7, 11) is 0. The summed E-state index contributed by atoms with van der Waals surface area (Å²) in [6.45, 7) is 0.542. The Morgan fingerprint density at radius 3 is 2.60 bits per heavy atom. The molecule has 0 aliphatic carbocycles. The van der Waals surface area contributed by atoms with Crippen LogP contribution in [0.5, 0.6) is 0 Å². The van der Waals surface area contributed by atoms with Crippen molar-refractivity contribution >= 4 is 41.8 Å². The van der Waals surface area contributed by atoms with Gasteiger partial charge in [-0.2, -0.15) is 0 Å². The van der Waals surface area contributed by atoms with Crippen molar-refractivity contribution in [2.45, 2.75) is 6.42 Å². The number of H-pyrrole nitrogens is 1. The van der Waals surface area contributed by atoms with E-state index < -0.39 is 5.91 Å². The van der Waals surface area contributed by atoms with Crippen molar-refractivity contribution in [1.29, 1.82) is 0 Å². The van der Waals surface area contributed by atoms with E-state index in [-0.39, 0.29) is 24.8 Å². The number of para-hydroxylation sites is 1. The van der Waals surface area contributed by atoms with E-state index in [0.717, 1.165) is 28.0 Å². The number of hydrogen-bond acceptors (Lipinski definition) is 3. The van der Waals surface area contributed by atoms with Gasteiger partial charge in [0.15, 0.2) is 0 Å². The van der Waals surface area contributed by atoms with Crippen molar-refractivity contribution in [2.24, 2.45) is 11.5 Å². The molecular formula is C18H18Cl2N4O. The minimum absolute atomic E-state index is 0. The van der Waals surface area contributed by atoms with Gasteiger partial charge < -0.3 is 16.5 Å². The number of fused-ring (bicyclic) bond motifs is 1. The molecule has 0 aliphatic rings. The predicted molar refractivity (Wildman–Crippen MR) is 104 cm³/mol. The summed E-state index contributed by atoms with van der Waals surface area (Å²) in [5.41, 5.74) is 14.6. The highest BCUT2D eigenvalue weighted by Gasteiger charge is 2.05. The second kappa shape index (κ2) is 9.09. The molecule has 3 aromatic rings. The fourth-order valence-corrected chi connectivity index (χ4v) is 2.33. The number of nitrogens with one attached hydrogen (secondary N) is 1. The van der Waals surface area contributed by atoms with E-state index in [4.69, 9.17) is 11.5 Å². The Balaban J connectivity index is 0.00000156. The van der Waals surface area contributed by atoms with E-state index in [0.29, 0.717) is 18.5 Å². The first kappa shape index (κ1) is 20.5. The third-order valence-electron chi connectivity index (χ3n) is 3.43. The monoisotopic (exact) mass is 376 g/mol. The fraction of sp³-hybridized carbons (Fsp3) is 0.111. The van der Waals surface area contributed by atoms with Gasteiger partial charge in [0.1, 0.15) is 11.3 Å². The number of benzene rings is 2. The SMILES string of the molecule is Cl.Cl.NCCc1nc2c(C#Cc3cccc(C(N)=O)c3)cccc2[nH]1. The molecule has 0 atom stereocenters. The Hall–Kier alpha value is -2.52. The van der Waals surface area contributed by atoms with Crippen LogP contribution in [0.3, 0.4) is 0 Å². The molecule has 1 heterocycles. The van der Waals surface area contributed by atoms with Crippen LogP contribution in [0.1, 0.15) is 27.3 Å². The van der Waals surface area contributed by atoms with Crippen LogP contribution < -0.4 is 11.5 Å². The molecule has 7 heteroatoms. The largest absolute Gasteiger partial charge is 0.366 e. The highest BCUT2D eigenvalue weighted by atomic mass is 35.5. The van der Waals surface area contributed by atoms with E-state index in [1.54, 1.807) is 18.2 Å². The summed E-state index contributed by atoms with van der Waals surface area (Å²) in [6, 6.07) is 12.8. The highest BCUT2D eigenvalue weighted by Crippen LogP contribution is 2.16. The number of primary amides is 1. The maximum absolute atomic E-state index is 11.2. The van der Waals surface area contributed by atoms with E-state index in [1.165, 1.54) is 0 Å². The number of halogens is 2. The lowest BCUT2D eigenvalue weighted by molar-refractivity contribution is 0.100. The summed E-state index contributed by atoms with van der Waals surface area (Å²) >= 11 is 0. The molecule has 0 bridgehead atoms. The zero-order valence-corrected chi connectivity index (χ0v) is 14.9. The zero-order valence-electron chi connectivity index (χ0n) is 13.3. The smallest absolute Gasteiger partial charge is 0.248 e. The Bertz CT molecular complexity index is 941. The van der Waals surface area contributed by atoms with Gasteiger partial charge >= 0.3 is 0 Å². The summed E-state index contributed by atoms with van der Waals surface area (Å²) in [5, 5.41) is 0. The van der Waals surface area contributed by atoms with Crippen molar-refractivity contribution in [3.63, 3.8) is 0 Å². The average Bonchev–Trinajstić information content (AvgIpc) is 2.96. The van der Waals surface area contributed by atoms with Crippen LogP contribution >= 0.6 is 24.8 Å². The fourth-order valence-electron chi connectivity index (χ4n) is 2.33. The molecule has 5 nitrogen and oxygen atoms in total. The van der Waals surface area contributed by atoms with Gasteiger partial charge in [0.2, 0.25) is 5.91 Å². The van der Waals surface area contributed by atoms with Crippen molar-refractivity contribution in [2.75, 3.05) is 6.54 Å². The number of amides is 1. The second-order valence-electron chi connectivity index (χ2n) is 5.12. The number of carbonyl (C=O) groups excluding carboxylic acids is 1. The molecule has 130 valence electrons. The van der Waals surface area contributed by atoms with Crippen LogP contribution in [-0.2, 0) is 6.42 Å². The van der Waals surface area contributed by atoms with Crippen LogP contribution in [0.25, 0.3) is 11.0 Å². The topological polar surface area (TPSA) is 97.8 Å². The Kier molecular flexibility index (Phi) is 7.46. The summed E-state index contributed by atoms with van der Waals surface area (Å²) in [5.74, 6) is 6.55. The summed E-state index contributed by atoms with van der Waals surface area (Å²) in [6.07, 6.45) is 0.697. The normalized spacial score (nSPS) is 9.48. The van der Waals surface area contributed by atoms with Crippen LogP contribution in [0.2, 0.25) is 0 Å². The van der Waals surface area contributed by atoms with Gasteiger partial charge in [-0.25, -0.2) is 4.98 Å². The number of aromatic nitrogens is 2. The first-order valence-corrected chi connectivity index (χ1v) is 7.27. The van der Waals surface area contributed by atoms with Gasteiger partial charge in [-0.3, -0.25) is 4.79 Å². The lowest BCUT2D eigenvalue weighted by Crippen LogP contribution is -2.10. The molecule has 0 spiro atoms. The van der Waals surface area contributed by atoms with Gasteiger partial charge in [0.05, 0.1) is 11.1 Å². The second-order valence-corrected chi connectivity index (χ2v) is 5.12. The first-order chi connectivity index (χ1) is 11.2. The lowest BCUT2D eigenvalue weighted by Gasteiger charge is -1.96. The number of nitrogens with zero attached hydrogens (tertiary/aromatic N) is 1. The quantitative estimate of drug-likeness (QED) is 0.612. The number of rotatable bonds is 3. The standard InChI is InChI=1S/C18H16N4O.2ClH/c19-10-9-16-21-15-6-2-4-13(17(15)22-16)8-7-12-3-1-5-14(11-12)18(20)23;;/h1-6,11H,9-10,19H2,(H2,20,23)(H,21,22);2*1H. The van der Waals surface area contributed by atoms with Crippen LogP contribution in [0.15, 0.2) is 42.5 Å². The van der Waals surface area contributed by atoms with Gasteiger partial charge in [0.25, 0.3) is 0 Å². The maximum Gasteiger partial charge on any atom is 0.248 e. The van der Waals surface area contributed by atoms with Crippen molar-refractivity contribution in [3.8, 4) is 11.8 Å². The van der Waals surface area contributed by atoms with E-state index in [9.17, 15) is 4.79 Å². The van der Waals surface area contributed by atoms with Gasteiger partial charge in [-0.1, -0.05) is 24.0 Å². The van der Waals surface area contributed by atoms with Crippen molar-refractivity contribution in [1.82, 2.24) is 9.97 Å². The third kappa shape index (κ3) is 4.74. The van der Waals surface area contributed by atoms with Crippen LogP contribution in [-0.4, -0.2) is 22.4 Å². The first-order valence-electron chi connectivity index (χ1n) is 7.27. The molecule has 1 aromatic heterocycles. The third-order valence-corrected chi connectivity index (χ3v) is 3.43. The van der Waals surface area contributed by atoms with Gasteiger partial charge in [-0.15, -0.1) is 24.8 Å². The van der Waals surface area contributed by atoms with E-state index in [1.807, 2.05) is 24.3 Å². The molecule has 1 amide bonds. The molecule has 3 rings (SSSR count). The van der Waals surface area contributed by atoms with E-state index >= 15 is 0 Å². The zero-order chi connectivity index (χ0) is 16.2. The van der Waals surface area contributed by atoms with Gasteiger partial charge in [0, 0.05) is 17.5 Å². The van der Waals surface area contributed by atoms with Crippen molar-refractivity contribution in [3.05, 3.63) is 65.0 Å². The summed E-state index contributed by atoms with van der Waals surface area (Å²) in [4.78, 5) is 19.0. The average molecular weight is 377 g/mol. The number of carbonyl (C=O) groups is 1. The molecular weight excluding hydrogens is 359 g/mol. The van der Waals surface area contributed by atoms with Crippen molar-refractivity contribution < 1.29 is 4.79 Å². The number of nitrogens with two attached hydrogens (primary N) is 2. The minimum atomic E-state index is -0.463. The number of aromatic amines is 1. The lowest BCUT2D eigenvalue weighted by atomic mass is 10.1. The number of hydrogen-bond donors (Lipinski definition) is 3.